The van der Waals surface area contributed by atoms with E-state index in [9.17, 15) is 9.59 Å². The van der Waals surface area contributed by atoms with Gasteiger partial charge in [0.2, 0.25) is 0 Å². The molecule has 0 saturated heterocycles. The van der Waals surface area contributed by atoms with Crippen molar-refractivity contribution in [3.8, 4) is 10.6 Å². The molecule has 8 heteroatoms. The summed E-state index contributed by atoms with van der Waals surface area (Å²) in [5.74, 6) is -0.308. The second-order valence-electron chi connectivity index (χ2n) is 7.87. The van der Waals surface area contributed by atoms with Crippen LogP contribution in [0.4, 0.5) is 5.69 Å². The Morgan fingerprint density at radius 1 is 0.914 bits per heavy atom. The first-order valence-corrected chi connectivity index (χ1v) is 11.9. The highest BCUT2D eigenvalue weighted by molar-refractivity contribution is 7.13. The standard InChI is InChI=1S/C27H22N4O3S/c32-26(28-16-20-9-4-10-21(15-20)29-27(33)23-11-5-13-34-23)22-18-31(17-19-7-2-1-3-8-19)30-25(22)24-12-6-14-35-24/h1-15,18H,16-17H2,(H,28,32)(H,29,33). The van der Waals surface area contributed by atoms with Gasteiger partial charge in [0, 0.05) is 18.4 Å². The summed E-state index contributed by atoms with van der Waals surface area (Å²) >= 11 is 1.54. The fraction of sp³-hybridized carbons (Fsp3) is 0.0741. The van der Waals surface area contributed by atoms with Gasteiger partial charge in [0.1, 0.15) is 5.69 Å². The molecule has 5 rings (SSSR count). The van der Waals surface area contributed by atoms with Crippen LogP contribution in [0, 0.1) is 0 Å². The van der Waals surface area contributed by atoms with Crippen LogP contribution in [0.3, 0.4) is 0 Å². The lowest BCUT2D eigenvalue weighted by Gasteiger charge is -2.08. The van der Waals surface area contributed by atoms with Gasteiger partial charge in [-0.3, -0.25) is 14.3 Å². The second-order valence-corrected chi connectivity index (χ2v) is 8.81. The number of amides is 2. The molecule has 0 aliphatic rings. The van der Waals surface area contributed by atoms with Crippen molar-refractivity contribution in [2.75, 3.05) is 5.32 Å². The first-order chi connectivity index (χ1) is 17.2. The minimum atomic E-state index is -0.331. The lowest BCUT2D eigenvalue weighted by atomic mass is 10.1. The number of aromatic nitrogens is 2. The molecule has 0 atom stereocenters. The maximum atomic E-state index is 13.2. The molecule has 3 aromatic heterocycles. The van der Waals surface area contributed by atoms with Crippen LogP contribution in [0.15, 0.2) is 101 Å². The summed E-state index contributed by atoms with van der Waals surface area (Å²) in [7, 11) is 0. The summed E-state index contributed by atoms with van der Waals surface area (Å²) in [4.78, 5) is 26.3. The molecule has 174 valence electrons. The lowest BCUT2D eigenvalue weighted by molar-refractivity contribution is 0.0950. The van der Waals surface area contributed by atoms with Gasteiger partial charge >= 0.3 is 0 Å². The molecule has 0 spiro atoms. The molecule has 0 fully saturated rings. The van der Waals surface area contributed by atoms with Crippen molar-refractivity contribution in [2.45, 2.75) is 13.1 Å². The smallest absolute Gasteiger partial charge is 0.291 e. The van der Waals surface area contributed by atoms with Gasteiger partial charge in [0.25, 0.3) is 11.8 Å². The van der Waals surface area contributed by atoms with E-state index in [0.29, 0.717) is 30.0 Å². The average Bonchev–Trinajstić information content (AvgIpc) is 3.65. The van der Waals surface area contributed by atoms with E-state index >= 15 is 0 Å². The SMILES string of the molecule is O=C(Nc1cccc(CNC(=O)c2cn(Cc3ccccc3)nc2-c2cccs2)c1)c1ccco1. The largest absolute Gasteiger partial charge is 0.459 e. The number of thiophene rings is 1. The van der Waals surface area contributed by atoms with E-state index in [1.807, 2.05) is 66.0 Å². The molecule has 2 aromatic carbocycles. The molecule has 3 heterocycles. The summed E-state index contributed by atoms with van der Waals surface area (Å²) < 4.78 is 6.93. The van der Waals surface area contributed by atoms with E-state index in [4.69, 9.17) is 9.52 Å². The lowest BCUT2D eigenvalue weighted by Crippen LogP contribution is -2.23. The Kier molecular flexibility index (Phi) is 6.54. The molecule has 5 aromatic rings. The molecular weight excluding hydrogens is 460 g/mol. The maximum Gasteiger partial charge on any atom is 0.291 e. The predicted molar refractivity (Wildman–Crippen MR) is 135 cm³/mol. The average molecular weight is 483 g/mol. The Hall–Kier alpha value is -4.43. The van der Waals surface area contributed by atoms with Gasteiger partial charge in [0.15, 0.2) is 5.76 Å². The monoisotopic (exact) mass is 482 g/mol. The number of hydrogen-bond acceptors (Lipinski definition) is 5. The van der Waals surface area contributed by atoms with Gasteiger partial charge in [-0.1, -0.05) is 48.5 Å². The molecule has 0 aliphatic heterocycles. The second kappa shape index (κ2) is 10.2. The number of carbonyl (C=O) groups is 2. The number of rotatable bonds is 8. The van der Waals surface area contributed by atoms with E-state index in [0.717, 1.165) is 16.0 Å². The topological polar surface area (TPSA) is 89.2 Å². The summed E-state index contributed by atoms with van der Waals surface area (Å²) in [5, 5.41) is 12.5. The molecule has 2 amide bonds. The molecule has 35 heavy (non-hydrogen) atoms. The van der Waals surface area contributed by atoms with Gasteiger partial charge in [0.05, 0.1) is 23.2 Å². The van der Waals surface area contributed by atoms with Crippen molar-refractivity contribution in [2.24, 2.45) is 0 Å². The number of furan rings is 1. The quantitative estimate of drug-likeness (QED) is 0.308. The van der Waals surface area contributed by atoms with Gasteiger partial charge < -0.3 is 15.1 Å². The van der Waals surface area contributed by atoms with Crippen molar-refractivity contribution in [1.82, 2.24) is 15.1 Å². The zero-order valence-electron chi connectivity index (χ0n) is 18.7. The van der Waals surface area contributed by atoms with Gasteiger partial charge in [-0.15, -0.1) is 11.3 Å². The molecular formula is C27H22N4O3S. The Morgan fingerprint density at radius 2 is 1.77 bits per heavy atom. The Labute approximate surface area is 206 Å². The van der Waals surface area contributed by atoms with Crippen LogP contribution in [0.1, 0.15) is 32.0 Å². The van der Waals surface area contributed by atoms with Crippen molar-refractivity contribution >= 4 is 28.8 Å². The van der Waals surface area contributed by atoms with Crippen LogP contribution in [0.5, 0.6) is 0 Å². The van der Waals surface area contributed by atoms with Crippen molar-refractivity contribution in [3.05, 3.63) is 119 Å². The maximum absolute atomic E-state index is 13.2. The normalized spacial score (nSPS) is 10.7. The van der Waals surface area contributed by atoms with Crippen LogP contribution in [-0.2, 0) is 13.1 Å². The van der Waals surface area contributed by atoms with Gasteiger partial charge in [-0.25, -0.2) is 0 Å². The van der Waals surface area contributed by atoms with Crippen LogP contribution >= 0.6 is 11.3 Å². The van der Waals surface area contributed by atoms with Gasteiger partial charge in [-0.05, 0) is 46.8 Å². The molecule has 7 nitrogen and oxygen atoms in total. The predicted octanol–water partition coefficient (Wildman–Crippen LogP) is 5.44. The van der Waals surface area contributed by atoms with Crippen LogP contribution in [0.2, 0.25) is 0 Å². The fourth-order valence-corrected chi connectivity index (χ4v) is 4.39. The minimum absolute atomic E-state index is 0.210. The summed E-state index contributed by atoms with van der Waals surface area (Å²) in [6.45, 7) is 0.876. The minimum Gasteiger partial charge on any atom is -0.459 e. The van der Waals surface area contributed by atoms with E-state index in [1.165, 1.54) is 6.26 Å². The molecule has 2 N–H and O–H groups in total. The third kappa shape index (κ3) is 5.39. The van der Waals surface area contributed by atoms with Crippen LogP contribution in [-0.4, -0.2) is 21.6 Å². The van der Waals surface area contributed by atoms with E-state index in [-0.39, 0.29) is 17.6 Å². The highest BCUT2D eigenvalue weighted by Gasteiger charge is 2.19. The van der Waals surface area contributed by atoms with E-state index < -0.39 is 0 Å². The van der Waals surface area contributed by atoms with Crippen molar-refractivity contribution in [1.29, 1.82) is 0 Å². The third-order valence-corrected chi connectivity index (χ3v) is 6.21. The van der Waals surface area contributed by atoms with E-state index in [1.54, 1.807) is 40.4 Å². The number of nitrogens with zero attached hydrogens (tertiary/aromatic N) is 2. The third-order valence-electron chi connectivity index (χ3n) is 5.33. The zero-order chi connectivity index (χ0) is 24.0. The molecule has 0 unspecified atom stereocenters. The Balaban J connectivity index is 1.30. The zero-order valence-corrected chi connectivity index (χ0v) is 19.5. The first kappa shape index (κ1) is 22.4. The first-order valence-electron chi connectivity index (χ1n) is 11.0. The summed E-state index contributed by atoms with van der Waals surface area (Å²) in [6.07, 6.45) is 3.24. The number of nitrogens with one attached hydrogen (secondary N) is 2. The number of hydrogen-bond donors (Lipinski definition) is 2. The summed E-state index contributed by atoms with van der Waals surface area (Å²) in [5.41, 5.74) is 3.75. The molecule has 0 bridgehead atoms. The molecule has 0 radical (unpaired) electrons. The van der Waals surface area contributed by atoms with Crippen molar-refractivity contribution < 1.29 is 14.0 Å². The molecule has 0 aliphatic carbocycles. The van der Waals surface area contributed by atoms with E-state index in [2.05, 4.69) is 10.6 Å². The highest BCUT2D eigenvalue weighted by atomic mass is 32.1. The van der Waals surface area contributed by atoms with Crippen LogP contribution < -0.4 is 10.6 Å². The van der Waals surface area contributed by atoms with Crippen molar-refractivity contribution in [3.63, 3.8) is 0 Å². The Morgan fingerprint density at radius 3 is 2.54 bits per heavy atom. The number of anilines is 1. The Bertz CT molecular complexity index is 1420. The van der Waals surface area contributed by atoms with Crippen LogP contribution in [0.25, 0.3) is 10.6 Å². The number of carbonyl (C=O) groups excluding carboxylic acids is 2. The highest BCUT2D eigenvalue weighted by Crippen LogP contribution is 2.27. The summed E-state index contributed by atoms with van der Waals surface area (Å²) in [6, 6.07) is 24.5. The fourth-order valence-electron chi connectivity index (χ4n) is 3.67. The van der Waals surface area contributed by atoms with Gasteiger partial charge in [-0.2, -0.15) is 5.10 Å². The molecule has 0 saturated carbocycles. The number of benzene rings is 2.